The zero-order valence-electron chi connectivity index (χ0n) is 13.5. The Labute approximate surface area is 127 Å². The second-order valence-electron chi connectivity index (χ2n) is 6.75. The maximum absolute atomic E-state index is 12.0. The molecule has 0 spiro atoms. The number of carbonyl (C=O) groups excluding carboxylic acids is 2. The summed E-state index contributed by atoms with van der Waals surface area (Å²) in [6.07, 6.45) is 2.65. The molecule has 21 heavy (non-hydrogen) atoms. The first-order valence-electron chi connectivity index (χ1n) is 8.06. The van der Waals surface area contributed by atoms with Crippen molar-refractivity contribution in [2.45, 2.75) is 33.1 Å². The third kappa shape index (κ3) is 4.19. The minimum atomic E-state index is 0.0801. The van der Waals surface area contributed by atoms with Crippen molar-refractivity contribution in [2.24, 2.45) is 17.8 Å². The van der Waals surface area contributed by atoms with E-state index >= 15 is 0 Å². The van der Waals surface area contributed by atoms with Crippen LogP contribution in [-0.4, -0.2) is 61.5 Å². The van der Waals surface area contributed by atoms with Crippen LogP contribution < -0.4 is 0 Å². The highest BCUT2D eigenvalue weighted by Crippen LogP contribution is 2.24. The van der Waals surface area contributed by atoms with Crippen LogP contribution in [0, 0.1) is 17.8 Å². The molecule has 120 valence electrons. The van der Waals surface area contributed by atoms with E-state index in [0.29, 0.717) is 24.9 Å². The molecule has 5 heteroatoms. The van der Waals surface area contributed by atoms with Crippen LogP contribution in [0.1, 0.15) is 33.1 Å². The Morgan fingerprint density at radius 1 is 1.29 bits per heavy atom. The van der Waals surface area contributed by atoms with Crippen LogP contribution in [0.4, 0.5) is 0 Å². The molecule has 1 unspecified atom stereocenters. The number of rotatable bonds is 5. The lowest BCUT2D eigenvalue weighted by Gasteiger charge is -2.34. The van der Waals surface area contributed by atoms with Crippen molar-refractivity contribution < 1.29 is 14.3 Å². The topological polar surface area (TPSA) is 49.9 Å². The standard InChI is InChI=1S/C16H28N2O3/c1-12(2)16(20)17-6-4-13(5-7-17)9-18-10-14(11-21-3)8-15(18)19/h12-14H,4-11H2,1-3H3. The smallest absolute Gasteiger partial charge is 0.225 e. The fourth-order valence-electron chi connectivity index (χ4n) is 3.39. The molecule has 2 heterocycles. The van der Waals surface area contributed by atoms with E-state index in [1.54, 1.807) is 7.11 Å². The van der Waals surface area contributed by atoms with Gasteiger partial charge in [-0.05, 0) is 18.8 Å². The number of nitrogens with zero attached hydrogens (tertiary/aromatic N) is 2. The van der Waals surface area contributed by atoms with Crippen LogP contribution in [0.5, 0.6) is 0 Å². The van der Waals surface area contributed by atoms with E-state index in [1.165, 1.54) is 0 Å². The van der Waals surface area contributed by atoms with E-state index in [2.05, 4.69) is 0 Å². The summed E-state index contributed by atoms with van der Waals surface area (Å²) in [5.41, 5.74) is 0. The molecule has 0 saturated carbocycles. The largest absolute Gasteiger partial charge is 0.384 e. The fraction of sp³-hybridized carbons (Fsp3) is 0.875. The first kappa shape index (κ1) is 16.3. The van der Waals surface area contributed by atoms with E-state index in [1.807, 2.05) is 23.6 Å². The lowest BCUT2D eigenvalue weighted by molar-refractivity contribution is -0.136. The predicted octanol–water partition coefficient (Wildman–Crippen LogP) is 1.38. The maximum Gasteiger partial charge on any atom is 0.225 e. The van der Waals surface area contributed by atoms with Crippen molar-refractivity contribution in [1.82, 2.24) is 9.80 Å². The Morgan fingerprint density at radius 2 is 1.95 bits per heavy atom. The molecule has 2 amide bonds. The Morgan fingerprint density at radius 3 is 2.52 bits per heavy atom. The SMILES string of the molecule is COCC1CC(=O)N(CC2CCN(C(=O)C(C)C)CC2)C1. The van der Waals surface area contributed by atoms with Crippen LogP contribution in [0.25, 0.3) is 0 Å². The summed E-state index contributed by atoms with van der Waals surface area (Å²) in [4.78, 5) is 27.9. The summed E-state index contributed by atoms with van der Waals surface area (Å²) in [6, 6.07) is 0. The highest BCUT2D eigenvalue weighted by Gasteiger charge is 2.32. The molecular weight excluding hydrogens is 268 g/mol. The highest BCUT2D eigenvalue weighted by molar-refractivity contribution is 5.79. The molecule has 0 bridgehead atoms. The van der Waals surface area contributed by atoms with Gasteiger partial charge in [0.2, 0.25) is 11.8 Å². The molecule has 2 fully saturated rings. The van der Waals surface area contributed by atoms with Gasteiger partial charge < -0.3 is 14.5 Å². The molecule has 0 radical (unpaired) electrons. The van der Waals surface area contributed by atoms with Crippen LogP contribution in [0.2, 0.25) is 0 Å². The number of ether oxygens (including phenoxy) is 1. The number of methoxy groups -OCH3 is 1. The zero-order valence-corrected chi connectivity index (χ0v) is 13.5. The minimum absolute atomic E-state index is 0.0801. The van der Waals surface area contributed by atoms with Crippen LogP contribution >= 0.6 is 0 Å². The van der Waals surface area contributed by atoms with Gasteiger partial charge in [-0.15, -0.1) is 0 Å². The molecule has 2 aliphatic heterocycles. The Bertz CT molecular complexity index is 376. The van der Waals surface area contributed by atoms with Crippen LogP contribution in [0.15, 0.2) is 0 Å². The summed E-state index contributed by atoms with van der Waals surface area (Å²) in [7, 11) is 1.69. The van der Waals surface area contributed by atoms with Gasteiger partial charge in [-0.25, -0.2) is 0 Å². The highest BCUT2D eigenvalue weighted by atomic mass is 16.5. The summed E-state index contributed by atoms with van der Waals surface area (Å²) in [5, 5.41) is 0. The van der Waals surface area contributed by atoms with Gasteiger partial charge in [0, 0.05) is 51.5 Å². The third-order valence-corrected chi connectivity index (χ3v) is 4.60. The molecular formula is C16H28N2O3. The molecule has 0 aromatic carbocycles. The Hall–Kier alpha value is -1.10. The third-order valence-electron chi connectivity index (χ3n) is 4.60. The first-order valence-corrected chi connectivity index (χ1v) is 8.06. The number of piperidine rings is 1. The van der Waals surface area contributed by atoms with Gasteiger partial charge in [0.1, 0.15) is 0 Å². The van der Waals surface area contributed by atoms with Crippen molar-refractivity contribution in [2.75, 3.05) is 39.9 Å². The summed E-state index contributed by atoms with van der Waals surface area (Å²) in [5.74, 6) is 1.48. The number of hydrogen-bond acceptors (Lipinski definition) is 3. The fourth-order valence-corrected chi connectivity index (χ4v) is 3.39. The number of hydrogen-bond donors (Lipinski definition) is 0. The number of likely N-dealkylation sites (tertiary alicyclic amines) is 2. The molecule has 0 N–H and O–H groups in total. The predicted molar refractivity (Wildman–Crippen MR) is 80.7 cm³/mol. The molecule has 1 atom stereocenters. The van der Waals surface area contributed by atoms with E-state index in [9.17, 15) is 9.59 Å². The lowest BCUT2D eigenvalue weighted by Crippen LogP contribution is -2.43. The number of amides is 2. The van der Waals surface area contributed by atoms with Gasteiger partial charge in [-0.2, -0.15) is 0 Å². The molecule has 2 aliphatic rings. The average molecular weight is 296 g/mol. The lowest BCUT2D eigenvalue weighted by atomic mass is 9.95. The second kappa shape index (κ2) is 7.25. The summed E-state index contributed by atoms with van der Waals surface area (Å²) in [6.45, 7) is 7.93. The maximum atomic E-state index is 12.0. The molecule has 2 rings (SSSR count). The molecule has 0 aromatic heterocycles. The van der Waals surface area contributed by atoms with Gasteiger partial charge in [0.05, 0.1) is 6.61 Å². The van der Waals surface area contributed by atoms with Crippen LogP contribution in [-0.2, 0) is 14.3 Å². The molecule has 0 aliphatic carbocycles. The van der Waals surface area contributed by atoms with Gasteiger partial charge in [-0.1, -0.05) is 13.8 Å². The number of carbonyl (C=O) groups is 2. The van der Waals surface area contributed by atoms with Crippen molar-refractivity contribution in [3.05, 3.63) is 0 Å². The normalized spacial score (nSPS) is 24.2. The Kier molecular flexibility index (Phi) is 5.62. The molecule has 0 aromatic rings. The summed E-state index contributed by atoms with van der Waals surface area (Å²) >= 11 is 0. The van der Waals surface area contributed by atoms with Crippen molar-refractivity contribution in [3.63, 3.8) is 0 Å². The van der Waals surface area contributed by atoms with E-state index in [-0.39, 0.29) is 17.7 Å². The Balaban J connectivity index is 1.76. The second-order valence-corrected chi connectivity index (χ2v) is 6.75. The van der Waals surface area contributed by atoms with Gasteiger partial charge in [0.15, 0.2) is 0 Å². The van der Waals surface area contributed by atoms with Gasteiger partial charge in [-0.3, -0.25) is 9.59 Å². The molecule has 5 nitrogen and oxygen atoms in total. The van der Waals surface area contributed by atoms with Gasteiger partial charge >= 0.3 is 0 Å². The quantitative estimate of drug-likeness (QED) is 0.770. The monoisotopic (exact) mass is 296 g/mol. The first-order chi connectivity index (χ1) is 10.0. The van der Waals surface area contributed by atoms with Crippen molar-refractivity contribution >= 4 is 11.8 Å². The summed E-state index contributed by atoms with van der Waals surface area (Å²) < 4.78 is 5.15. The molecule has 2 saturated heterocycles. The minimum Gasteiger partial charge on any atom is -0.384 e. The van der Waals surface area contributed by atoms with E-state index < -0.39 is 0 Å². The van der Waals surface area contributed by atoms with Crippen molar-refractivity contribution in [3.8, 4) is 0 Å². The van der Waals surface area contributed by atoms with E-state index in [4.69, 9.17) is 4.74 Å². The van der Waals surface area contributed by atoms with Crippen molar-refractivity contribution in [1.29, 1.82) is 0 Å². The van der Waals surface area contributed by atoms with Gasteiger partial charge in [0.25, 0.3) is 0 Å². The average Bonchev–Trinajstić information content (AvgIpc) is 2.79. The van der Waals surface area contributed by atoms with Crippen LogP contribution in [0.3, 0.4) is 0 Å². The van der Waals surface area contributed by atoms with E-state index in [0.717, 1.165) is 39.0 Å². The zero-order chi connectivity index (χ0) is 15.4.